The molecule has 32 heavy (non-hydrogen) atoms. The zero-order valence-corrected chi connectivity index (χ0v) is 19.0. The predicted octanol–water partition coefficient (Wildman–Crippen LogP) is 2.36. The first-order chi connectivity index (χ1) is 14.9. The molecule has 0 saturated heterocycles. The highest BCUT2D eigenvalue weighted by Crippen LogP contribution is 2.29. The summed E-state index contributed by atoms with van der Waals surface area (Å²) in [6.45, 7) is 8.52. The second-order valence-electron chi connectivity index (χ2n) is 8.01. The predicted molar refractivity (Wildman–Crippen MR) is 118 cm³/mol. The van der Waals surface area contributed by atoms with Crippen molar-refractivity contribution in [2.75, 3.05) is 18.5 Å². The number of unbranched alkanes of at least 4 members (excludes halogenated alkanes) is 2. The van der Waals surface area contributed by atoms with Crippen molar-refractivity contribution in [1.29, 1.82) is 5.26 Å². The molecule has 1 rings (SSSR count). The van der Waals surface area contributed by atoms with Crippen LogP contribution >= 0.6 is 0 Å². The van der Waals surface area contributed by atoms with Crippen molar-refractivity contribution in [3.63, 3.8) is 0 Å². The number of hydrogen-bond acceptors (Lipinski definition) is 7. The number of carbonyl (C=O) groups excluding carboxylic acids is 1. The number of nitriles is 1. The highest BCUT2D eigenvalue weighted by atomic mass is 16.5. The van der Waals surface area contributed by atoms with Crippen molar-refractivity contribution >= 4 is 23.5 Å². The van der Waals surface area contributed by atoms with Gasteiger partial charge in [-0.3, -0.25) is 4.79 Å². The molecule has 0 aliphatic carbocycles. The van der Waals surface area contributed by atoms with Crippen molar-refractivity contribution in [3.8, 4) is 11.8 Å². The van der Waals surface area contributed by atoms with E-state index in [9.17, 15) is 15.2 Å². The minimum absolute atomic E-state index is 0.0283. The van der Waals surface area contributed by atoms with Crippen molar-refractivity contribution in [2.24, 2.45) is 0 Å². The molecule has 10 heteroatoms. The monoisotopic (exact) mass is 451 g/mol. The molecule has 10 nitrogen and oxygen atoms in total. The number of para-hydroxylation sites is 1. The highest BCUT2D eigenvalue weighted by Gasteiger charge is 2.16. The standard InChI is InChI=1S/C20H31N3O3.C2H2O4/c1-5-6-7-11-18(25)23-17-10-8-9-15(12-21)19(17)26-14-16(24)13-22-20(2,3)4;3-1(4)2(5)6/h8-10,16,22,24H,5-7,11,13-14H2,1-4H3,(H,23,25);(H,3,4)(H,5,6). The maximum absolute atomic E-state index is 12.1. The Hall–Kier alpha value is -3.16. The third kappa shape index (κ3) is 13.2. The number of anilines is 1. The van der Waals surface area contributed by atoms with Crippen LogP contribution in [0.1, 0.15) is 58.9 Å². The maximum atomic E-state index is 12.1. The van der Waals surface area contributed by atoms with Crippen LogP contribution in [0.3, 0.4) is 0 Å². The lowest BCUT2D eigenvalue weighted by Crippen LogP contribution is -2.42. The lowest BCUT2D eigenvalue weighted by atomic mass is 10.1. The Morgan fingerprint density at radius 3 is 2.28 bits per heavy atom. The van der Waals surface area contributed by atoms with Gasteiger partial charge in [0.2, 0.25) is 5.91 Å². The Morgan fingerprint density at radius 2 is 1.78 bits per heavy atom. The Morgan fingerprint density at radius 1 is 1.16 bits per heavy atom. The van der Waals surface area contributed by atoms with Gasteiger partial charge in [0, 0.05) is 18.5 Å². The van der Waals surface area contributed by atoms with E-state index in [2.05, 4.69) is 23.6 Å². The summed E-state index contributed by atoms with van der Waals surface area (Å²) in [7, 11) is 0. The summed E-state index contributed by atoms with van der Waals surface area (Å²) in [5, 5.41) is 40.2. The van der Waals surface area contributed by atoms with Gasteiger partial charge in [0.05, 0.1) is 11.3 Å². The number of nitrogens with zero attached hydrogens (tertiary/aromatic N) is 1. The molecular formula is C22H33N3O7. The topological polar surface area (TPSA) is 169 Å². The van der Waals surface area contributed by atoms with E-state index in [4.69, 9.17) is 24.5 Å². The molecule has 1 aromatic carbocycles. The summed E-state index contributed by atoms with van der Waals surface area (Å²) in [5.74, 6) is -3.45. The molecule has 0 radical (unpaired) electrons. The zero-order valence-electron chi connectivity index (χ0n) is 19.0. The number of benzene rings is 1. The molecule has 0 heterocycles. The Kier molecular flexibility index (Phi) is 13.3. The van der Waals surface area contributed by atoms with Gasteiger partial charge >= 0.3 is 11.9 Å². The molecule has 0 bridgehead atoms. The molecule has 1 atom stereocenters. The van der Waals surface area contributed by atoms with Crippen LogP contribution in [0.5, 0.6) is 5.75 Å². The lowest BCUT2D eigenvalue weighted by molar-refractivity contribution is -0.159. The third-order valence-corrected chi connectivity index (χ3v) is 3.89. The van der Waals surface area contributed by atoms with Gasteiger partial charge in [-0.2, -0.15) is 5.26 Å². The van der Waals surface area contributed by atoms with Gasteiger partial charge in [-0.05, 0) is 39.3 Å². The summed E-state index contributed by atoms with van der Waals surface area (Å²) in [6.07, 6.45) is 2.58. The minimum Gasteiger partial charge on any atom is -0.487 e. The summed E-state index contributed by atoms with van der Waals surface area (Å²) >= 11 is 0. The highest BCUT2D eigenvalue weighted by molar-refractivity contribution is 6.27. The van der Waals surface area contributed by atoms with E-state index in [0.29, 0.717) is 30.0 Å². The van der Waals surface area contributed by atoms with Crippen molar-refractivity contribution in [3.05, 3.63) is 23.8 Å². The fourth-order valence-electron chi connectivity index (χ4n) is 2.29. The number of amides is 1. The Labute approximate surface area is 188 Å². The second kappa shape index (κ2) is 14.8. The van der Waals surface area contributed by atoms with E-state index in [1.807, 2.05) is 20.8 Å². The maximum Gasteiger partial charge on any atom is 0.414 e. The Bertz CT molecular complexity index is 786. The van der Waals surface area contributed by atoms with Crippen LogP contribution in [0.15, 0.2) is 18.2 Å². The van der Waals surface area contributed by atoms with Crippen LogP contribution in [0.25, 0.3) is 0 Å². The first-order valence-electron chi connectivity index (χ1n) is 10.3. The zero-order chi connectivity index (χ0) is 24.7. The molecule has 0 aromatic heterocycles. The number of ether oxygens (including phenoxy) is 1. The smallest absolute Gasteiger partial charge is 0.414 e. The number of nitrogens with one attached hydrogen (secondary N) is 2. The van der Waals surface area contributed by atoms with Crippen LogP contribution in [0.2, 0.25) is 0 Å². The molecule has 1 aromatic rings. The summed E-state index contributed by atoms with van der Waals surface area (Å²) in [6, 6.07) is 7.10. The van der Waals surface area contributed by atoms with Crippen LogP contribution in [-0.4, -0.2) is 58.0 Å². The van der Waals surface area contributed by atoms with E-state index in [1.54, 1.807) is 18.2 Å². The number of aliphatic hydroxyl groups is 1. The fourth-order valence-corrected chi connectivity index (χ4v) is 2.29. The van der Waals surface area contributed by atoms with Gasteiger partial charge in [0.15, 0.2) is 5.75 Å². The molecule has 0 spiro atoms. The second-order valence-corrected chi connectivity index (χ2v) is 8.01. The van der Waals surface area contributed by atoms with Crippen molar-refractivity contribution < 1.29 is 34.4 Å². The van der Waals surface area contributed by atoms with Crippen LogP contribution in [0.4, 0.5) is 5.69 Å². The molecule has 0 saturated carbocycles. The molecule has 0 aliphatic heterocycles. The average Bonchev–Trinajstić information content (AvgIpc) is 2.71. The van der Waals surface area contributed by atoms with Crippen molar-refractivity contribution in [2.45, 2.75) is 65.0 Å². The van der Waals surface area contributed by atoms with Gasteiger partial charge in [0.25, 0.3) is 0 Å². The average molecular weight is 452 g/mol. The number of rotatable bonds is 10. The number of carbonyl (C=O) groups is 3. The number of aliphatic hydroxyl groups excluding tert-OH is 1. The molecule has 0 aliphatic rings. The van der Waals surface area contributed by atoms with Crippen molar-refractivity contribution in [1.82, 2.24) is 5.32 Å². The first kappa shape index (κ1) is 28.8. The molecule has 0 fully saturated rings. The number of carboxylic acids is 2. The van der Waals surface area contributed by atoms with Gasteiger partial charge < -0.3 is 30.7 Å². The van der Waals surface area contributed by atoms with Gasteiger partial charge in [-0.1, -0.05) is 25.8 Å². The molecule has 5 N–H and O–H groups in total. The van der Waals surface area contributed by atoms with E-state index in [1.165, 1.54) is 0 Å². The van der Waals surface area contributed by atoms with E-state index < -0.39 is 18.0 Å². The quantitative estimate of drug-likeness (QED) is 0.265. The summed E-state index contributed by atoms with van der Waals surface area (Å²) in [4.78, 5) is 30.3. The van der Waals surface area contributed by atoms with E-state index in [-0.39, 0.29) is 18.1 Å². The third-order valence-electron chi connectivity index (χ3n) is 3.89. The normalized spacial score (nSPS) is 11.4. The number of carboxylic acid groups (broad SMARTS) is 2. The van der Waals surface area contributed by atoms with Gasteiger partial charge in [0.1, 0.15) is 18.8 Å². The first-order valence-corrected chi connectivity index (χ1v) is 10.3. The summed E-state index contributed by atoms with van der Waals surface area (Å²) in [5.41, 5.74) is 0.678. The largest absolute Gasteiger partial charge is 0.487 e. The van der Waals surface area contributed by atoms with Gasteiger partial charge in [-0.15, -0.1) is 0 Å². The minimum atomic E-state index is -1.82. The summed E-state index contributed by atoms with van der Waals surface area (Å²) < 4.78 is 5.69. The molecular weight excluding hydrogens is 418 g/mol. The number of hydrogen-bond donors (Lipinski definition) is 5. The Balaban J connectivity index is 0.00000140. The van der Waals surface area contributed by atoms with Crippen LogP contribution < -0.4 is 15.4 Å². The van der Waals surface area contributed by atoms with Gasteiger partial charge in [-0.25, -0.2) is 9.59 Å². The fraction of sp³-hybridized carbons (Fsp3) is 0.545. The van der Waals surface area contributed by atoms with E-state index in [0.717, 1.165) is 19.3 Å². The SMILES string of the molecule is CCCCCC(=O)Nc1cccc(C#N)c1OCC(O)CNC(C)(C)C.O=C(O)C(=O)O. The van der Waals surface area contributed by atoms with Crippen LogP contribution in [0, 0.1) is 11.3 Å². The van der Waals surface area contributed by atoms with E-state index >= 15 is 0 Å². The molecule has 178 valence electrons. The molecule has 1 unspecified atom stereocenters. The lowest BCUT2D eigenvalue weighted by Gasteiger charge is -2.23. The number of aliphatic carboxylic acids is 2. The molecule has 1 amide bonds. The number of β-amino-alcohol motifs (C(OH)–C–C–N with tert-alkyl or cyclic N) is 1. The van der Waals surface area contributed by atoms with Crippen LogP contribution in [-0.2, 0) is 14.4 Å².